The molecule has 2 aromatic carbocycles. The Kier molecular flexibility index (Phi) is 5.24. The summed E-state index contributed by atoms with van der Waals surface area (Å²) in [6.45, 7) is 4.24. The summed E-state index contributed by atoms with van der Waals surface area (Å²) in [6.07, 6.45) is 3.18. The van der Waals surface area contributed by atoms with Crippen molar-refractivity contribution in [2.45, 2.75) is 20.0 Å². The molecule has 0 aliphatic carbocycles. The molecule has 0 atom stereocenters. The molecule has 0 unspecified atom stereocenters. The number of hydrogen-bond acceptors (Lipinski definition) is 4. The van der Waals surface area contributed by atoms with Crippen molar-refractivity contribution in [1.29, 1.82) is 0 Å². The Morgan fingerprint density at radius 1 is 1.21 bits per heavy atom. The Bertz CT molecular complexity index is 1030. The third kappa shape index (κ3) is 4.26. The quantitative estimate of drug-likeness (QED) is 0.674. The zero-order valence-corrected chi connectivity index (χ0v) is 16.1. The molecule has 0 spiro atoms. The summed E-state index contributed by atoms with van der Waals surface area (Å²) in [5, 5.41) is 9.86. The molecule has 29 heavy (non-hydrogen) atoms. The van der Waals surface area contributed by atoms with Gasteiger partial charge in [-0.1, -0.05) is 24.3 Å². The Morgan fingerprint density at radius 3 is 2.79 bits per heavy atom. The van der Waals surface area contributed by atoms with Crippen molar-refractivity contribution in [2.75, 3.05) is 18.0 Å². The van der Waals surface area contributed by atoms with E-state index >= 15 is 0 Å². The molecule has 148 valence electrons. The lowest BCUT2D eigenvalue weighted by atomic mass is 10.1. The van der Waals surface area contributed by atoms with Gasteiger partial charge in [0.1, 0.15) is 12.7 Å². The minimum absolute atomic E-state index is 0.101. The molecule has 4 rings (SSSR count). The number of nitrogens with zero attached hydrogens (tertiary/aromatic N) is 4. The first kappa shape index (κ1) is 18.7. The minimum Gasteiger partial charge on any atom is -0.348 e. The number of amides is 3. The van der Waals surface area contributed by atoms with E-state index in [1.807, 2.05) is 43.3 Å². The fourth-order valence-electron chi connectivity index (χ4n) is 3.42. The van der Waals surface area contributed by atoms with Gasteiger partial charge >= 0.3 is 6.03 Å². The van der Waals surface area contributed by atoms with Gasteiger partial charge in [0.15, 0.2) is 0 Å². The van der Waals surface area contributed by atoms with Crippen LogP contribution in [0.4, 0.5) is 10.5 Å². The second-order valence-electron chi connectivity index (χ2n) is 6.98. The van der Waals surface area contributed by atoms with Gasteiger partial charge in [0.2, 0.25) is 0 Å². The van der Waals surface area contributed by atoms with Crippen LogP contribution in [0.3, 0.4) is 0 Å². The largest absolute Gasteiger partial charge is 0.348 e. The first-order chi connectivity index (χ1) is 14.1. The number of rotatable bonds is 6. The van der Waals surface area contributed by atoms with E-state index in [0.29, 0.717) is 31.7 Å². The molecule has 2 N–H and O–H groups in total. The van der Waals surface area contributed by atoms with E-state index in [-0.39, 0.29) is 11.9 Å². The van der Waals surface area contributed by atoms with Crippen LogP contribution in [-0.2, 0) is 13.1 Å². The monoisotopic (exact) mass is 390 g/mol. The molecular formula is C21H22N6O2. The predicted octanol–water partition coefficient (Wildman–Crippen LogP) is 2.09. The van der Waals surface area contributed by atoms with E-state index < -0.39 is 0 Å². The molecule has 0 saturated carbocycles. The fourth-order valence-corrected chi connectivity index (χ4v) is 3.42. The normalized spacial score (nSPS) is 13.4. The van der Waals surface area contributed by atoms with Crippen molar-refractivity contribution >= 4 is 17.6 Å². The van der Waals surface area contributed by atoms with Crippen LogP contribution in [-0.4, -0.2) is 39.8 Å². The van der Waals surface area contributed by atoms with Crippen LogP contribution in [0.5, 0.6) is 0 Å². The average molecular weight is 390 g/mol. The van der Waals surface area contributed by atoms with Gasteiger partial charge < -0.3 is 10.6 Å². The van der Waals surface area contributed by atoms with Crippen molar-refractivity contribution in [1.82, 2.24) is 25.4 Å². The zero-order chi connectivity index (χ0) is 20.2. The molecule has 3 aromatic rings. The third-order valence-corrected chi connectivity index (χ3v) is 4.86. The van der Waals surface area contributed by atoms with E-state index in [2.05, 4.69) is 20.7 Å². The van der Waals surface area contributed by atoms with E-state index in [1.54, 1.807) is 22.0 Å². The lowest BCUT2D eigenvalue weighted by Gasteiger charge is -2.17. The van der Waals surface area contributed by atoms with Gasteiger partial charge in [-0.3, -0.25) is 9.69 Å². The summed E-state index contributed by atoms with van der Waals surface area (Å²) in [4.78, 5) is 30.1. The molecule has 0 bridgehead atoms. The van der Waals surface area contributed by atoms with Crippen LogP contribution in [0, 0.1) is 6.92 Å². The average Bonchev–Trinajstić information content (AvgIpc) is 3.38. The van der Waals surface area contributed by atoms with E-state index in [0.717, 1.165) is 22.4 Å². The van der Waals surface area contributed by atoms with E-state index in [1.165, 1.54) is 6.33 Å². The molecule has 1 aliphatic heterocycles. The number of aromatic nitrogens is 3. The number of aryl methyl sites for hydroxylation is 1. The van der Waals surface area contributed by atoms with Crippen molar-refractivity contribution in [2.24, 2.45) is 0 Å². The smallest absolute Gasteiger partial charge is 0.322 e. The molecule has 1 saturated heterocycles. The number of benzene rings is 2. The molecule has 1 aliphatic rings. The van der Waals surface area contributed by atoms with Crippen LogP contribution >= 0.6 is 0 Å². The summed E-state index contributed by atoms with van der Waals surface area (Å²) >= 11 is 0. The van der Waals surface area contributed by atoms with Crippen molar-refractivity contribution < 1.29 is 9.59 Å². The summed E-state index contributed by atoms with van der Waals surface area (Å²) in [5.41, 5.74) is 4.40. The van der Waals surface area contributed by atoms with Crippen molar-refractivity contribution in [3.05, 3.63) is 77.4 Å². The number of urea groups is 1. The summed E-state index contributed by atoms with van der Waals surface area (Å²) in [5.74, 6) is -0.146. The summed E-state index contributed by atoms with van der Waals surface area (Å²) in [6, 6.07) is 13.3. The van der Waals surface area contributed by atoms with Crippen LogP contribution in [0.15, 0.2) is 55.1 Å². The SMILES string of the molecule is Cc1cc(C(=O)NCc2cccc(Cn3cncn3)c2)ccc1N1CCNC1=O. The Labute approximate surface area is 168 Å². The lowest BCUT2D eigenvalue weighted by Crippen LogP contribution is -2.28. The second kappa shape index (κ2) is 8.14. The van der Waals surface area contributed by atoms with Gasteiger partial charge in [0.25, 0.3) is 5.91 Å². The van der Waals surface area contributed by atoms with Gasteiger partial charge in [-0.25, -0.2) is 14.5 Å². The number of carbonyl (C=O) groups excluding carboxylic acids is 2. The molecule has 3 amide bonds. The highest BCUT2D eigenvalue weighted by Crippen LogP contribution is 2.23. The zero-order valence-electron chi connectivity index (χ0n) is 16.1. The van der Waals surface area contributed by atoms with Gasteiger partial charge in [-0.05, 0) is 41.8 Å². The maximum absolute atomic E-state index is 12.6. The van der Waals surface area contributed by atoms with Crippen LogP contribution in [0.2, 0.25) is 0 Å². The highest BCUT2D eigenvalue weighted by Gasteiger charge is 2.22. The standard InChI is InChI=1S/C21H22N6O2/c1-15-9-18(5-6-19(15)27-8-7-23-21(27)29)20(28)24-11-16-3-2-4-17(10-16)12-26-14-22-13-25-26/h2-6,9-10,13-14H,7-8,11-12H2,1H3,(H,23,29)(H,24,28). The Hall–Kier alpha value is -3.68. The molecule has 8 heteroatoms. The first-order valence-electron chi connectivity index (χ1n) is 9.44. The molecular weight excluding hydrogens is 368 g/mol. The molecule has 0 radical (unpaired) electrons. The van der Waals surface area contributed by atoms with Gasteiger partial charge in [0.05, 0.1) is 6.54 Å². The summed E-state index contributed by atoms with van der Waals surface area (Å²) < 4.78 is 1.75. The highest BCUT2D eigenvalue weighted by molar-refractivity contribution is 5.97. The van der Waals surface area contributed by atoms with Crippen LogP contribution < -0.4 is 15.5 Å². The van der Waals surface area contributed by atoms with Gasteiger partial charge in [-0.2, -0.15) is 5.10 Å². The molecule has 8 nitrogen and oxygen atoms in total. The minimum atomic E-state index is -0.146. The number of hydrogen-bond donors (Lipinski definition) is 2. The predicted molar refractivity (Wildman–Crippen MR) is 109 cm³/mol. The van der Waals surface area contributed by atoms with Crippen LogP contribution in [0.25, 0.3) is 0 Å². The Balaban J connectivity index is 1.39. The van der Waals surface area contributed by atoms with E-state index in [9.17, 15) is 9.59 Å². The topological polar surface area (TPSA) is 92.2 Å². The number of anilines is 1. The lowest BCUT2D eigenvalue weighted by molar-refractivity contribution is 0.0951. The third-order valence-electron chi connectivity index (χ3n) is 4.86. The number of carbonyl (C=O) groups is 2. The maximum atomic E-state index is 12.6. The highest BCUT2D eigenvalue weighted by atomic mass is 16.2. The van der Waals surface area contributed by atoms with Crippen molar-refractivity contribution in [3.63, 3.8) is 0 Å². The Morgan fingerprint density at radius 2 is 2.07 bits per heavy atom. The fraction of sp³-hybridized carbons (Fsp3) is 0.238. The van der Waals surface area contributed by atoms with Crippen LogP contribution in [0.1, 0.15) is 27.0 Å². The summed E-state index contributed by atoms with van der Waals surface area (Å²) in [7, 11) is 0. The van der Waals surface area contributed by atoms with Gasteiger partial charge in [0, 0.05) is 30.9 Å². The number of nitrogens with one attached hydrogen (secondary N) is 2. The molecule has 1 aromatic heterocycles. The van der Waals surface area contributed by atoms with Crippen molar-refractivity contribution in [3.8, 4) is 0 Å². The maximum Gasteiger partial charge on any atom is 0.322 e. The second-order valence-corrected chi connectivity index (χ2v) is 6.98. The molecule has 1 fully saturated rings. The first-order valence-corrected chi connectivity index (χ1v) is 9.44. The van der Waals surface area contributed by atoms with E-state index in [4.69, 9.17) is 0 Å². The van der Waals surface area contributed by atoms with Gasteiger partial charge in [-0.15, -0.1) is 0 Å². The molecule has 2 heterocycles.